The van der Waals surface area contributed by atoms with Gasteiger partial charge < -0.3 is 16.0 Å². The summed E-state index contributed by atoms with van der Waals surface area (Å²) in [6.45, 7) is 3.87. The van der Waals surface area contributed by atoms with Crippen molar-refractivity contribution >= 4 is 47.6 Å². The molecule has 0 aromatic heterocycles. The van der Waals surface area contributed by atoms with Crippen molar-refractivity contribution < 1.29 is 9.18 Å². The van der Waals surface area contributed by atoms with E-state index in [4.69, 9.17) is 0 Å². The first kappa shape index (κ1) is 25.2. The predicted molar refractivity (Wildman–Crippen MR) is 130 cm³/mol. The van der Waals surface area contributed by atoms with Crippen LogP contribution in [0.25, 0.3) is 0 Å². The number of nitrogens with one attached hydrogen (secondary N) is 3. The number of amides is 1. The van der Waals surface area contributed by atoms with Gasteiger partial charge in [-0.3, -0.25) is 9.79 Å². The van der Waals surface area contributed by atoms with Crippen molar-refractivity contribution in [2.45, 2.75) is 24.8 Å². The molecule has 1 amide bonds. The molecule has 0 heterocycles. The van der Waals surface area contributed by atoms with E-state index in [-0.39, 0.29) is 35.7 Å². The first-order valence-electron chi connectivity index (χ1n) is 9.32. The van der Waals surface area contributed by atoms with Gasteiger partial charge in [-0.05, 0) is 61.1 Å². The molecule has 0 atom stereocenters. The zero-order chi connectivity index (χ0) is 20.2. The van der Waals surface area contributed by atoms with Gasteiger partial charge in [0.2, 0.25) is 0 Å². The normalized spacial score (nSPS) is 10.8. The van der Waals surface area contributed by atoms with Crippen molar-refractivity contribution in [1.82, 2.24) is 16.0 Å². The minimum atomic E-state index is -0.211. The van der Waals surface area contributed by atoms with Gasteiger partial charge in [-0.15, -0.1) is 35.7 Å². The molecule has 5 nitrogen and oxygen atoms in total. The average molecular weight is 530 g/mol. The maximum absolute atomic E-state index is 12.9. The maximum Gasteiger partial charge on any atom is 0.251 e. The Morgan fingerprint density at radius 1 is 1.10 bits per heavy atom. The molecule has 0 aliphatic rings. The van der Waals surface area contributed by atoms with E-state index in [1.54, 1.807) is 37.0 Å². The third-order valence-corrected chi connectivity index (χ3v) is 5.00. The molecule has 8 heteroatoms. The third-order valence-electron chi connectivity index (χ3n) is 3.91. The van der Waals surface area contributed by atoms with Crippen LogP contribution in [-0.4, -0.2) is 37.8 Å². The van der Waals surface area contributed by atoms with E-state index < -0.39 is 0 Å². The second-order valence-corrected chi connectivity index (χ2v) is 7.24. The lowest BCUT2D eigenvalue weighted by atomic mass is 10.1. The highest BCUT2D eigenvalue weighted by molar-refractivity contribution is 14.0. The summed E-state index contributed by atoms with van der Waals surface area (Å²) in [4.78, 5) is 17.2. The quantitative estimate of drug-likeness (QED) is 0.151. The minimum absolute atomic E-state index is 0. The van der Waals surface area contributed by atoms with Crippen molar-refractivity contribution in [3.8, 4) is 0 Å². The number of guanidine groups is 1. The highest BCUT2D eigenvalue weighted by Crippen LogP contribution is 2.18. The molecule has 2 rings (SSSR count). The highest BCUT2D eigenvalue weighted by atomic mass is 127. The molecule has 158 valence electrons. The zero-order valence-electron chi connectivity index (χ0n) is 16.7. The van der Waals surface area contributed by atoms with Crippen LogP contribution >= 0.6 is 35.7 Å². The van der Waals surface area contributed by atoms with E-state index >= 15 is 0 Å². The molecule has 0 spiro atoms. The number of hydrogen-bond donors (Lipinski definition) is 3. The third kappa shape index (κ3) is 9.49. The Morgan fingerprint density at radius 3 is 2.55 bits per heavy atom. The van der Waals surface area contributed by atoms with Gasteiger partial charge >= 0.3 is 0 Å². The summed E-state index contributed by atoms with van der Waals surface area (Å²) in [7, 11) is 1.73. The second kappa shape index (κ2) is 14.2. The van der Waals surface area contributed by atoms with Crippen molar-refractivity contribution in [2.75, 3.05) is 25.9 Å². The predicted octanol–water partition coefficient (Wildman–Crippen LogP) is 4.04. The summed E-state index contributed by atoms with van der Waals surface area (Å²) >= 11 is 1.70. The molecule has 0 radical (unpaired) electrons. The molecule has 29 heavy (non-hydrogen) atoms. The first-order valence-corrected chi connectivity index (χ1v) is 10.3. The summed E-state index contributed by atoms with van der Waals surface area (Å²) in [5.74, 6) is 1.38. The van der Waals surface area contributed by atoms with E-state index in [1.807, 2.05) is 25.1 Å². The van der Waals surface area contributed by atoms with Crippen molar-refractivity contribution in [1.29, 1.82) is 0 Å². The standard InChI is InChI=1S/C21H27FN4OS.HI/c1-3-24-20(27)17-7-4-6-16(14-17)15-26-21(23-2)25-12-5-13-28-19-10-8-18(22)9-11-19;/h4,6-11,14H,3,5,12-13,15H2,1-2H3,(H,24,27)(H2,23,25,26);1H. The Balaban J connectivity index is 0.00000420. The lowest BCUT2D eigenvalue weighted by Crippen LogP contribution is -2.37. The van der Waals surface area contributed by atoms with Crippen LogP contribution in [0.15, 0.2) is 58.4 Å². The van der Waals surface area contributed by atoms with Crippen LogP contribution in [0.2, 0.25) is 0 Å². The van der Waals surface area contributed by atoms with Gasteiger partial charge in [-0.2, -0.15) is 0 Å². The number of carbonyl (C=O) groups excluding carboxylic acids is 1. The van der Waals surface area contributed by atoms with Crippen LogP contribution < -0.4 is 16.0 Å². The van der Waals surface area contributed by atoms with Crippen LogP contribution in [0.1, 0.15) is 29.3 Å². The fourth-order valence-electron chi connectivity index (χ4n) is 2.49. The smallest absolute Gasteiger partial charge is 0.251 e. The molecule has 0 fully saturated rings. The summed E-state index contributed by atoms with van der Waals surface area (Å²) in [6, 6.07) is 14.1. The van der Waals surface area contributed by atoms with Crippen LogP contribution in [0.4, 0.5) is 4.39 Å². The average Bonchev–Trinajstić information content (AvgIpc) is 2.72. The van der Waals surface area contributed by atoms with Crippen molar-refractivity contribution in [2.24, 2.45) is 4.99 Å². The van der Waals surface area contributed by atoms with E-state index in [9.17, 15) is 9.18 Å². The molecular weight excluding hydrogens is 502 g/mol. The zero-order valence-corrected chi connectivity index (χ0v) is 19.9. The Bertz CT molecular complexity index is 787. The molecule has 3 N–H and O–H groups in total. The Morgan fingerprint density at radius 2 is 1.86 bits per heavy atom. The van der Waals surface area contributed by atoms with Crippen molar-refractivity contribution in [3.63, 3.8) is 0 Å². The van der Waals surface area contributed by atoms with Crippen LogP contribution in [-0.2, 0) is 6.54 Å². The number of hydrogen-bond acceptors (Lipinski definition) is 3. The molecule has 2 aromatic carbocycles. The molecule has 0 bridgehead atoms. The number of halogens is 2. The summed E-state index contributed by atoms with van der Waals surface area (Å²) in [6.07, 6.45) is 0.954. The number of rotatable bonds is 9. The van der Waals surface area contributed by atoms with Gasteiger partial charge in [0.1, 0.15) is 5.82 Å². The van der Waals surface area contributed by atoms with E-state index in [1.165, 1.54) is 12.1 Å². The van der Waals surface area contributed by atoms with Gasteiger partial charge in [0.25, 0.3) is 5.91 Å². The Kier molecular flexibility index (Phi) is 12.4. The largest absolute Gasteiger partial charge is 0.356 e. The van der Waals surface area contributed by atoms with Gasteiger partial charge in [-0.25, -0.2) is 4.39 Å². The van der Waals surface area contributed by atoms with Gasteiger partial charge in [0.05, 0.1) is 0 Å². The number of benzene rings is 2. The molecule has 0 unspecified atom stereocenters. The fourth-order valence-corrected chi connectivity index (χ4v) is 3.34. The Labute approximate surface area is 193 Å². The minimum Gasteiger partial charge on any atom is -0.356 e. The number of thioether (sulfide) groups is 1. The number of carbonyl (C=O) groups is 1. The maximum atomic E-state index is 12.9. The Hall–Kier alpha value is -1.81. The highest BCUT2D eigenvalue weighted by Gasteiger charge is 2.05. The fraction of sp³-hybridized carbons (Fsp3) is 0.333. The number of nitrogens with zero attached hydrogens (tertiary/aromatic N) is 1. The molecule has 0 saturated heterocycles. The van der Waals surface area contributed by atoms with E-state index in [0.717, 1.165) is 35.1 Å². The second-order valence-electron chi connectivity index (χ2n) is 6.07. The molecule has 2 aromatic rings. The van der Waals surface area contributed by atoms with Crippen LogP contribution in [0, 0.1) is 5.82 Å². The summed E-state index contributed by atoms with van der Waals surface area (Å²) in [5, 5.41) is 9.34. The van der Waals surface area contributed by atoms with Crippen LogP contribution in [0.3, 0.4) is 0 Å². The SMILES string of the molecule is CCNC(=O)c1cccc(CNC(=NC)NCCCSc2ccc(F)cc2)c1.I. The van der Waals surface area contributed by atoms with Gasteiger partial charge in [0.15, 0.2) is 5.96 Å². The first-order chi connectivity index (χ1) is 13.6. The van der Waals surface area contributed by atoms with Crippen molar-refractivity contribution in [3.05, 3.63) is 65.5 Å². The number of aliphatic imine (C=N–C) groups is 1. The van der Waals surface area contributed by atoms with Gasteiger partial charge in [0, 0.05) is 37.1 Å². The topological polar surface area (TPSA) is 65.5 Å². The van der Waals surface area contributed by atoms with Crippen LogP contribution in [0.5, 0.6) is 0 Å². The van der Waals surface area contributed by atoms with E-state index in [2.05, 4.69) is 20.9 Å². The van der Waals surface area contributed by atoms with Gasteiger partial charge in [-0.1, -0.05) is 12.1 Å². The molecular formula is C21H28FIN4OS. The molecule has 0 aliphatic carbocycles. The lowest BCUT2D eigenvalue weighted by molar-refractivity contribution is 0.0955. The molecule has 0 aliphatic heterocycles. The van der Waals surface area contributed by atoms with E-state index in [0.29, 0.717) is 18.7 Å². The lowest BCUT2D eigenvalue weighted by Gasteiger charge is -2.12. The molecule has 0 saturated carbocycles. The monoisotopic (exact) mass is 530 g/mol. The summed E-state index contributed by atoms with van der Waals surface area (Å²) < 4.78 is 12.9. The summed E-state index contributed by atoms with van der Waals surface area (Å²) in [5.41, 5.74) is 1.67.